The Bertz CT molecular complexity index is 1340. The summed E-state index contributed by atoms with van der Waals surface area (Å²) in [4.78, 5) is 11.9. The molecule has 0 N–H and O–H groups in total. The van der Waals surface area contributed by atoms with E-state index < -0.39 is 5.72 Å². The molecule has 0 fully saturated rings. The first-order valence-corrected chi connectivity index (χ1v) is 9.92. The number of hydrogen-bond donors (Lipinski definition) is 0. The lowest BCUT2D eigenvalue weighted by molar-refractivity contribution is 0.0844. The Labute approximate surface area is 169 Å². The molecule has 4 nitrogen and oxygen atoms in total. The topological polar surface area (TPSA) is 37.7 Å². The lowest BCUT2D eigenvalue weighted by atomic mass is 9.77. The number of pyridine rings is 1. The molecule has 0 radical (unpaired) electrons. The first kappa shape index (κ1) is 16.5. The quantitative estimate of drug-likeness (QED) is 0.373. The normalized spacial score (nSPS) is 21.4. The van der Waals surface area contributed by atoms with Gasteiger partial charge in [-0.3, -0.25) is 9.98 Å². The summed E-state index contributed by atoms with van der Waals surface area (Å²) < 4.78 is 6.95. The largest absolute Gasteiger partial charge is 0.459 e. The molecule has 0 amide bonds. The van der Waals surface area contributed by atoms with Gasteiger partial charge in [0.15, 0.2) is 5.75 Å². The zero-order chi connectivity index (χ0) is 19.8. The van der Waals surface area contributed by atoms with E-state index in [0.717, 1.165) is 33.1 Å². The zero-order valence-corrected chi connectivity index (χ0v) is 16.7. The molecule has 1 spiro atoms. The van der Waals surface area contributed by atoms with Crippen LogP contribution in [-0.2, 0) is 5.41 Å². The summed E-state index contributed by atoms with van der Waals surface area (Å²) in [5.74, 6) is 0.807. The number of hydrogen-bond acceptors (Lipinski definition) is 4. The lowest BCUT2D eigenvalue weighted by Gasteiger charge is -2.45. The van der Waals surface area contributed by atoms with Crippen molar-refractivity contribution < 1.29 is 4.74 Å². The van der Waals surface area contributed by atoms with E-state index in [1.165, 1.54) is 11.3 Å². The molecule has 3 heterocycles. The van der Waals surface area contributed by atoms with Crippen LogP contribution in [0.25, 0.3) is 21.7 Å². The Morgan fingerprint density at radius 1 is 0.862 bits per heavy atom. The minimum absolute atomic E-state index is 0.278. The van der Waals surface area contributed by atoms with Crippen LogP contribution in [0.15, 0.2) is 71.9 Å². The summed E-state index contributed by atoms with van der Waals surface area (Å²) >= 11 is 0. The zero-order valence-electron chi connectivity index (χ0n) is 16.7. The summed E-state index contributed by atoms with van der Waals surface area (Å²) in [6.07, 6.45) is 3.83. The molecule has 1 unspecified atom stereocenters. The molecular formula is C25H21N3O. The number of benzene rings is 3. The molecule has 4 heteroatoms. The number of para-hydroxylation sites is 1. The highest BCUT2D eigenvalue weighted by Gasteiger charge is 2.58. The molecular weight excluding hydrogens is 358 g/mol. The number of aliphatic imine (C=N–C) groups is 1. The first-order chi connectivity index (χ1) is 14.0. The number of aromatic nitrogens is 1. The number of fused-ring (bicyclic) bond motifs is 7. The van der Waals surface area contributed by atoms with Crippen LogP contribution in [0.1, 0.15) is 19.4 Å². The minimum Gasteiger partial charge on any atom is -0.459 e. The maximum absolute atomic E-state index is 6.95. The second-order valence-corrected chi connectivity index (χ2v) is 8.38. The molecule has 2 aliphatic heterocycles. The average Bonchev–Trinajstić information content (AvgIpc) is 2.93. The van der Waals surface area contributed by atoms with E-state index in [0.29, 0.717) is 0 Å². The van der Waals surface area contributed by atoms with Gasteiger partial charge in [0.25, 0.3) is 0 Å². The highest BCUT2D eigenvalue weighted by atomic mass is 16.5. The summed E-state index contributed by atoms with van der Waals surface area (Å²) in [5, 5.41) is 3.16. The Balaban J connectivity index is 1.67. The number of rotatable bonds is 0. The van der Waals surface area contributed by atoms with Crippen molar-refractivity contribution in [1.82, 2.24) is 4.98 Å². The van der Waals surface area contributed by atoms with Crippen molar-refractivity contribution in [1.29, 1.82) is 0 Å². The molecule has 4 aromatic rings. The van der Waals surface area contributed by atoms with Gasteiger partial charge in [-0.2, -0.15) is 0 Å². The minimum atomic E-state index is -0.699. The van der Waals surface area contributed by atoms with Gasteiger partial charge in [0, 0.05) is 35.1 Å². The van der Waals surface area contributed by atoms with Crippen molar-refractivity contribution in [2.45, 2.75) is 25.0 Å². The van der Waals surface area contributed by atoms with Crippen molar-refractivity contribution in [3.8, 4) is 5.75 Å². The highest BCUT2D eigenvalue weighted by molar-refractivity contribution is 6.15. The third-order valence-electron chi connectivity index (χ3n) is 6.66. The van der Waals surface area contributed by atoms with Gasteiger partial charge in [-0.1, -0.05) is 42.5 Å². The molecule has 0 saturated carbocycles. The van der Waals surface area contributed by atoms with E-state index in [2.05, 4.69) is 73.2 Å². The summed E-state index contributed by atoms with van der Waals surface area (Å²) in [6.45, 7) is 4.46. The van der Waals surface area contributed by atoms with E-state index in [1.54, 1.807) is 0 Å². The molecule has 142 valence electrons. The van der Waals surface area contributed by atoms with E-state index in [4.69, 9.17) is 9.73 Å². The van der Waals surface area contributed by atoms with Gasteiger partial charge in [-0.05, 0) is 37.6 Å². The van der Waals surface area contributed by atoms with E-state index in [9.17, 15) is 0 Å². The van der Waals surface area contributed by atoms with Crippen LogP contribution in [0.2, 0.25) is 0 Å². The van der Waals surface area contributed by atoms with Gasteiger partial charge < -0.3 is 9.64 Å². The molecule has 29 heavy (non-hydrogen) atoms. The monoisotopic (exact) mass is 379 g/mol. The second kappa shape index (κ2) is 5.35. The standard InChI is InChI=1S/C25H21N3O/c1-24(2)19-12-6-7-13-20(19)28(3)25(24)15-27-22-17-10-5-4-9-16(17)21-18(23(22)29-25)11-8-14-26-21/h4-15H,1-3H3. The summed E-state index contributed by atoms with van der Waals surface area (Å²) in [6, 6.07) is 20.8. The lowest BCUT2D eigenvalue weighted by Crippen LogP contribution is -2.61. The van der Waals surface area contributed by atoms with Gasteiger partial charge in [0.2, 0.25) is 5.72 Å². The van der Waals surface area contributed by atoms with Gasteiger partial charge in [0.05, 0.1) is 17.1 Å². The van der Waals surface area contributed by atoms with Gasteiger partial charge in [-0.25, -0.2) is 0 Å². The van der Waals surface area contributed by atoms with Crippen LogP contribution in [0.5, 0.6) is 5.75 Å². The molecule has 1 atom stereocenters. The SMILES string of the molecule is CN1c2ccccc2C(C)(C)C12C=Nc1c(c3cccnc3c3ccccc13)O2. The third-order valence-corrected chi connectivity index (χ3v) is 6.66. The maximum atomic E-state index is 6.95. The molecule has 2 aliphatic rings. The van der Waals surface area contributed by atoms with E-state index in [-0.39, 0.29) is 5.41 Å². The Morgan fingerprint density at radius 2 is 1.59 bits per heavy atom. The Hall–Kier alpha value is -3.40. The number of likely N-dealkylation sites (N-methyl/N-ethyl adjacent to an activating group) is 1. The van der Waals surface area contributed by atoms with E-state index in [1.807, 2.05) is 30.6 Å². The predicted molar refractivity (Wildman–Crippen MR) is 119 cm³/mol. The average molecular weight is 379 g/mol. The number of anilines is 1. The van der Waals surface area contributed by atoms with Crippen LogP contribution in [0.3, 0.4) is 0 Å². The highest BCUT2D eigenvalue weighted by Crippen LogP contribution is 2.55. The van der Waals surface area contributed by atoms with Crippen LogP contribution in [0.4, 0.5) is 11.4 Å². The van der Waals surface area contributed by atoms with E-state index >= 15 is 0 Å². The Kier molecular flexibility index (Phi) is 3.05. The molecule has 1 aromatic heterocycles. The van der Waals surface area contributed by atoms with Gasteiger partial charge in [-0.15, -0.1) is 0 Å². The summed E-state index contributed by atoms with van der Waals surface area (Å²) in [7, 11) is 2.09. The number of nitrogens with zero attached hydrogens (tertiary/aromatic N) is 3. The second-order valence-electron chi connectivity index (χ2n) is 8.38. The van der Waals surface area contributed by atoms with Crippen molar-refractivity contribution in [2.75, 3.05) is 11.9 Å². The maximum Gasteiger partial charge on any atom is 0.228 e. The van der Waals surface area contributed by atoms with Crippen LogP contribution < -0.4 is 9.64 Å². The third kappa shape index (κ3) is 1.89. The van der Waals surface area contributed by atoms with Gasteiger partial charge in [0.1, 0.15) is 5.69 Å². The molecule has 0 aliphatic carbocycles. The number of ether oxygens (including phenoxy) is 1. The molecule has 3 aromatic carbocycles. The van der Waals surface area contributed by atoms with Crippen molar-refractivity contribution in [2.24, 2.45) is 4.99 Å². The van der Waals surface area contributed by atoms with Crippen LogP contribution in [-0.4, -0.2) is 24.0 Å². The molecule has 0 saturated heterocycles. The van der Waals surface area contributed by atoms with Crippen LogP contribution >= 0.6 is 0 Å². The fourth-order valence-electron chi connectivity index (χ4n) is 5.04. The summed E-state index contributed by atoms with van der Waals surface area (Å²) in [5.41, 5.74) is 3.29. The van der Waals surface area contributed by atoms with Crippen molar-refractivity contribution in [3.05, 3.63) is 72.4 Å². The molecule has 6 rings (SSSR count). The predicted octanol–water partition coefficient (Wildman–Crippen LogP) is 5.61. The fourth-order valence-corrected chi connectivity index (χ4v) is 5.04. The Morgan fingerprint density at radius 3 is 2.41 bits per heavy atom. The molecule has 0 bridgehead atoms. The smallest absolute Gasteiger partial charge is 0.228 e. The van der Waals surface area contributed by atoms with Crippen molar-refractivity contribution in [3.63, 3.8) is 0 Å². The van der Waals surface area contributed by atoms with Crippen LogP contribution in [0, 0.1) is 0 Å². The van der Waals surface area contributed by atoms with Crippen molar-refractivity contribution >= 4 is 39.3 Å². The fraction of sp³-hybridized carbons (Fsp3) is 0.200. The van der Waals surface area contributed by atoms with Gasteiger partial charge >= 0.3 is 0 Å². The first-order valence-electron chi connectivity index (χ1n) is 9.92.